The third-order valence-corrected chi connectivity index (χ3v) is 4.16. The summed E-state index contributed by atoms with van der Waals surface area (Å²) in [6, 6.07) is 22.3. The second-order valence-corrected chi connectivity index (χ2v) is 5.60. The van der Waals surface area contributed by atoms with E-state index in [9.17, 15) is 9.59 Å². The number of fused-ring (bicyclic) bond motifs is 1. The van der Waals surface area contributed by atoms with Crippen LogP contribution in [0.3, 0.4) is 0 Å². The van der Waals surface area contributed by atoms with Gasteiger partial charge in [0.2, 0.25) is 0 Å². The zero-order valence-electron chi connectivity index (χ0n) is 12.8. The maximum Gasteiger partial charge on any atom is 0.301 e. The minimum Gasteiger partial charge on any atom is -0.283 e. The molecular formula is C20H14N2O2. The van der Waals surface area contributed by atoms with Crippen molar-refractivity contribution < 1.29 is 9.59 Å². The molecule has 0 atom stereocenters. The summed E-state index contributed by atoms with van der Waals surface area (Å²) in [5, 5.41) is 0. The Balaban J connectivity index is 1.92. The summed E-state index contributed by atoms with van der Waals surface area (Å²) < 4.78 is 0. The van der Waals surface area contributed by atoms with E-state index in [4.69, 9.17) is 0 Å². The zero-order valence-corrected chi connectivity index (χ0v) is 12.8. The Kier molecular flexibility index (Phi) is 3.43. The number of benzene rings is 2. The van der Waals surface area contributed by atoms with Crippen LogP contribution < -0.4 is 4.90 Å². The van der Waals surface area contributed by atoms with Crippen LogP contribution in [0.5, 0.6) is 0 Å². The monoisotopic (exact) mass is 314 g/mol. The molecule has 1 amide bonds. The number of nitrogens with zero attached hydrogens (tertiary/aromatic N) is 2. The molecule has 4 nitrogen and oxygen atoms in total. The quantitative estimate of drug-likeness (QED) is 0.696. The highest BCUT2D eigenvalue weighted by atomic mass is 16.2. The molecule has 116 valence electrons. The van der Waals surface area contributed by atoms with Gasteiger partial charge in [-0.2, -0.15) is 0 Å². The van der Waals surface area contributed by atoms with Crippen LogP contribution in [-0.4, -0.2) is 16.7 Å². The van der Waals surface area contributed by atoms with Crippen molar-refractivity contribution >= 4 is 17.5 Å². The number of ketones is 1. The average molecular weight is 314 g/mol. The van der Waals surface area contributed by atoms with E-state index in [-0.39, 0.29) is 6.04 Å². The van der Waals surface area contributed by atoms with Gasteiger partial charge in [-0.15, -0.1) is 0 Å². The highest BCUT2D eigenvalue weighted by molar-refractivity contribution is 6.52. The summed E-state index contributed by atoms with van der Waals surface area (Å²) in [6.45, 7) is 0. The normalized spacial score (nSPS) is 13.5. The van der Waals surface area contributed by atoms with Gasteiger partial charge >= 0.3 is 5.91 Å². The first-order chi connectivity index (χ1) is 11.8. The first-order valence-electron chi connectivity index (χ1n) is 7.70. The first kappa shape index (κ1) is 14.3. The van der Waals surface area contributed by atoms with Crippen LogP contribution in [0.4, 0.5) is 5.82 Å². The fourth-order valence-electron chi connectivity index (χ4n) is 3.09. The molecule has 24 heavy (non-hydrogen) atoms. The van der Waals surface area contributed by atoms with E-state index >= 15 is 0 Å². The van der Waals surface area contributed by atoms with E-state index in [0.717, 1.165) is 11.1 Å². The number of amides is 1. The Bertz CT molecular complexity index is 868. The van der Waals surface area contributed by atoms with Crippen molar-refractivity contribution in [1.29, 1.82) is 0 Å². The maximum absolute atomic E-state index is 12.7. The molecule has 0 saturated carbocycles. The Morgan fingerprint density at radius 3 is 1.92 bits per heavy atom. The van der Waals surface area contributed by atoms with Crippen LogP contribution in [0.25, 0.3) is 0 Å². The van der Waals surface area contributed by atoms with E-state index in [0.29, 0.717) is 11.4 Å². The molecule has 0 aliphatic carbocycles. The summed E-state index contributed by atoms with van der Waals surface area (Å²) in [4.78, 5) is 30.8. The van der Waals surface area contributed by atoms with E-state index < -0.39 is 11.7 Å². The lowest BCUT2D eigenvalue weighted by molar-refractivity contribution is -0.114. The molecular weight excluding hydrogens is 300 g/mol. The van der Waals surface area contributed by atoms with Gasteiger partial charge in [0.15, 0.2) is 0 Å². The van der Waals surface area contributed by atoms with Crippen LogP contribution in [0.15, 0.2) is 79.0 Å². The highest BCUT2D eigenvalue weighted by Gasteiger charge is 2.41. The fraction of sp³-hybridized carbons (Fsp3) is 0.0500. The Labute approximate surface area is 139 Å². The number of hydrogen-bond donors (Lipinski definition) is 0. The molecule has 4 heteroatoms. The van der Waals surface area contributed by atoms with Crippen molar-refractivity contribution in [2.75, 3.05) is 4.90 Å². The number of carbonyl (C=O) groups is 2. The lowest BCUT2D eigenvalue weighted by Crippen LogP contribution is -2.35. The van der Waals surface area contributed by atoms with Gasteiger partial charge < -0.3 is 0 Å². The number of anilines is 1. The van der Waals surface area contributed by atoms with Gasteiger partial charge in [-0.05, 0) is 23.3 Å². The van der Waals surface area contributed by atoms with Crippen LogP contribution in [0.1, 0.15) is 27.5 Å². The molecule has 2 heterocycles. The largest absolute Gasteiger partial charge is 0.301 e. The summed E-state index contributed by atoms with van der Waals surface area (Å²) in [5.41, 5.74) is 2.23. The average Bonchev–Trinajstić information content (AvgIpc) is 2.90. The molecule has 0 unspecified atom stereocenters. The standard InChI is InChI=1S/C20H14N2O2/c23-18-16-12-7-13-21-19(16)22(20(18)24)17(14-8-3-1-4-9-14)15-10-5-2-6-11-15/h1-13,17H. The molecule has 0 fully saturated rings. The number of carbonyl (C=O) groups excluding carboxylic acids is 2. The second kappa shape index (κ2) is 5.74. The third-order valence-electron chi connectivity index (χ3n) is 4.16. The predicted octanol–water partition coefficient (Wildman–Crippen LogP) is 3.40. The van der Waals surface area contributed by atoms with Crippen LogP contribution >= 0.6 is 0 Å². The van der Waals surface area contributed by atoms with Crippen molar-refractivity contribution in [3.8, 4) is 0 Å². The minimum atomic E-state index is -0.540. The van der Waals surface area contributed by atoms with Gasteiger partial charge in [0, 0.05) is 6.20 Å². The number of rotatable bonds is 3. The van der Waals surface area contributed by atoms with Gasteiger partial charge in [0.25, 0.3) is 5.78 Å². The SMILES string of the molecule is O=C1C(=O)N(C(c2ccccc2)c2ccccc2)c2ncccc21. The number of hydrogen-bond acceptors (Lipinski definition) is 3. The van der Waals surface area contributed by atoms with E-state index in [2.05, 4.69) is 4.98 Å². The number of aromatic nitrogens is 1. The van der Waals surface area contributed by atoms with Crippen molar-refractivity contribution in [2.45, 2.75) is 6.04 Å². The molecule has 0 saturated heterocycles. The summed E-state index contributed by atoms with van der Waals surface area (Å²) in [5.74, 6) is -0.624. The third kappa shape index (κ3) is 2.20. The van der Waals surface area contributed by atoms with Crippen LogP contribution in [-0.2, 0) is 4.79 Å². The molecule has 0 N–H and O–H groups in total. The Morgan fingerprint density at radius 1 is 0.750 bits per heavy atom. The minimum absolute atomic E-state index is 0.361. The summed E-state index contributed by atoms with van der Waals surface area (Å²) >= 11 is 0. The van der Waals surface area contributed by atoms with E-state index in [1.54, 1.807) is 18.3 Å². The lowest BCUT2D eigenvalue weighted by atomic mass is 9.97. The molecule has 1 aliphatic heterocycles. The van der Waals surface area contributed by atoms with Gasteiger partial charge in [-0.1, -0.05) is 60.7 Å². The molecule has 4 rings (SSSR count). The molecule has 0 bridgehead atoms. The molecule has 3 aromatic rings. The zero-order chi connectivity index (χ0) is 16.5. The summed E-state index contributed by atoms with van der Waals surface area (Å²) in [6.07, 6.45) is 1.60. The second-order valence-electron chi connectivity index (χ2n) is 5.60. The van der Waals surface area contributed by atoms with Gasteiger partial charge in [0.05, 0.1) is 11.6 Å². The molecule has 1 aromatic heterocycles. The summed E-state index contributed by atoms with van der Waals surface area (Å²) in [7, 11) is 0. The molecule has 0 spiro atoms. The van der Waals surface area contributed by atoms with Gasteiger partial charge in [-0.3, -0.25) is 14.5 Å². The van der Waals surface area contributed by atoms with Crippen LogP contribution in [0.2, 0.25) is 0 Å². The fourth-order valence-corrected chi connectivity index (χ4v) is 3.09. The molecule has 1 aliphatic rings. The molecule has 0 radical (unpaired) electrons. The van der Waals surface area contributed by atoms with Crippen LogP contribution in [0, 0.1) is 0 Å². The lowest BCUT2D eigenvalue weighted by Gasteiger charge is -2.28. The van der Waals surface area contributed by atoms with Crippen molar-refractivity contribution in [1.82, 2.24) is 4.98 Å². The van der Waals surface area contributed by atoms with Crippen molar-refractivity contribution in [3.63, 3.8) is 0 Å². The Hall–Kier alpha value is -3.27. The maximum atomic E-state index is 12.7. The number of pyridine rings is 1. The van der Waals surface area contributed by atoms with Crippen molar-refractivity contribution in [2.24, 2.45) is 0 Å². The topological polar surface area (TPSA) is 50.3 Å². The predicted molar refractivity (Wildman–Crippen MR) is 90.8 cm³/mol. The molecule has 2 aromatic carbocycles. The Morgan fingerprint density at radius 2 is 1.33 bits per heavy atom. The highest BCUT2D eigenvalue weighted by Crippen LogP contribution is 2.37. The van der Waals surface area contributed by atoms with E-state index in [1.165, 1.54) is 4.90 Å². The van der Waals surface area contributed by atoms with E-state index in [1.807, 2.05) is 60.7 Å². The van der Waals surface area contributed by atoms with Gasteiger partial charge in [-0.25, -0.2) is 4.98 Å². The van der Waals surface area contributed by atoms with Crippen molar-refractivity contribution in [3.05, 3.63) is 95.7 Å². The number of Topliss-reactive ketones (excluding diaryl/α,β-unsaturated/α-hetero) is 1. The first-order valence-corrected chi connectivity index (χ1v) is 7.70. The smallest absolute Gasteiger partial charge is 0.283 e. The van der Waals surface area contributed by atoms with Gasteiger partial charge in [0.1, 0.15) is 5.82 Å².